The summed E-state index contributed by atoms with van der Waals surface area (Å²) in [6.07, 6.45) is 0.493. The van der Waals surface area contributed by atoms with Crippen LogP contribution in [0.3, 0.4) is 0 Å². The average Bonchev–Trinajstić information content (AvgIpc) is 2.41. The second kappa shape index (κ2) is 6.82. The molecule has 2 aromatic rings. The monoisotopic (exact) mass is 295 g/mol. The molecule has 0 aliphatic carbocycles. The minimum atomic E-state index is -0.324. The van der Waals surface area contributed by atoms with Crippen molar-refractivity contribution in [2.75, 3.05) is 13.6 Å². The summed E-state index contributed by atoms with van der Waals surface area (Å²) in [7, 11) is 1.82. The second-order valence-corrected chi connectivity index (χ2v) is 5.19. The van der Waals surface area contributed by atoms with E-state index in [1.165, 1.54) is 18.2 Å². The molecule has 20 heavy (non-hydrogen) atoms. The maximum Gasteiger partial charge on any atom is 0.127 e. The van der Waals surface area contributed by atoms with Crippen LogP contribution in [-0.4, -0.2) is 13.6 Å². The molecule has 1 atom stereocenters. The zero-order chi connectivity index (χ0) is 14.5. The lowest BCUT2D eigenvalue weighted by Gasteiger charge is -2.18. The van der Waals surface area contributed by atoms with Gasteiger partial charge >= 0.3 is 0 Å². The van der Waals surface area contributed by atoms with Gasteiger partial charge in [-0.3, -0.25) is 0 Å². The van der Waals surface area contributed by atoms with Gasteiger partial charge in [-0.2, -0.15) is 0 Å². The third-order valence-corrected chi connectivity index (χ3v) is 3.49. The van der Waals surface area contributed by atoms with E-state index < -0.39 is 0 Å². The van der Waals surface area contributed by atoms with Gasteiger partial charge in [0, 0.05) is 17.5 Å². The van der Waals surface area contributed by atoms with Gasteiger partial charge in [0.15, 0.2) is 0 Å². The van der Waals surface area contributed by atoms with Crippen LogP contribution in [-0.2, 0) is 6.42 Å². The summed E-state index contributed by atoms with van der Waals surface area (Å²) >= 11 is 5.75. The molecule has 0 spiro atoms. The molecule has 0 bridgehead atoms. The summed E-state index contributed by atoms with van der Waals surface area (Å²) < 4.78 is 27.2. The van der Waals surface area contributed by atoms with Gasteiger partial charge in [0.25, 0.3) is 0 Å². The van der Waals surface area contributed by atoms with E-state index in [0.29, 0.717) is 23.6 Å². The first kappa shape index (κ1) is 14.9. The molecule has 0 radical (unpaired) electrons. The number of rotatable bonds is 5. The zero-order valence-electron chi connectivity index (χ0n) is 11.2. The molecule has 0 aliphatic heterocycles. The van der Waals surface area contributed by atoms with Crippen LogP contribution in [0.2, 0.25) is 5.02 Å². The SMILES string of the molecule is CNCC(Cc1ccc(Cl)cc1F)c1cccc(F)c1. The molecule has 2 aromatic carbocycles. The minimum Gasteiger partial charge on any atom is -0.319 e. The largest absolute Gasteiger partial charge is 0.319 e. The van der Waals surface area contributed by atoms with Crippen LogP contribution < -0.4 is 5.32 Å². The average molecular weight is 296 g/mol. The number of benzene rings is 2. The molecular formula is C16H16ClF2N. The maximum atomic E-state index is 13.9. The van der Waals surface area contributed by atoms with Crippen LogP contribution in [0.1, 0.15) is 17.0 Å². The van der Waals surface area contributed by atoms with Crippen molar-refractivity contribution in [3.63, 3.8) is 0 Å². The zero-order valence-corrected chi connectivity index (χ0v) is 11.9. The molecule has 0 amide bonds. The molecule has 1 nitrogen and oxygen atoms in total. The number of nitrogens with one attached hydrogen (secondary N) is 1. The predicted molar refractivity (Wildman–Crippen MR) is 78.2 cm³/mol. The van der Waals surface area contributed by atoms with Gasteiger partial charge in [-0.05, 0) is 48.9 Å². The van der Waals surface area contributed by atoms with Gasteiger partial charge in [-0.15, -0.1) is 0 Å². The first-order valence-electron chi connectivity index (χ1n) is 6.44. The van der Waals surface area contributed by atoms with Crippen molar-refractivity contribution in [1.29, 1.82) is 0 Å². The molecule has 0 aromatic heterocycles. The van der Waals surface area contributed by atoms with E-state index in [2.05, 4.69) is 5.32 Å². The molecule has 2 rings (SSSR count). The first-order chi connectivity index (χ1) is 9.60. The van der Waals surface area contributed by atoms with Crippen molar-refractivity contribution in [2.45, 2.75) is 12.3 Å². The normalized spacial score (nSPS) is 12.4. The van der Waals surface area contributed by atoms with E-state index in [-0.39, 0.29) is 17.6 Å². The smallest absolute Gasteiger partial charge is 0.127 e. The van der Waals surface area contributed by atoms with E-state index in [4.69, 9.17) is 11.6 Å². The lowest BCUT2D eigenvalue weighted by molar-refractivity contribution is 0.569. The Morgan fingerprint density at radius 2 is 1.95 bits per heavy atom. The molecule has 0 aliphatic rings. The highest BCUT2D eigenvalue weighted by Crippen LogP contribution is 2.24. The van der Waals surface area contributed by atoms with Crippen LogP contribution in [0.15, 0.2) is 42.5 Å². The third kappa shape index (κ3) is 3.78. The summed E-state index contributed by atoms with van der Waals surface area (Å²) in [5, 5.41) is 3.44. The summed E-state index contributed by atoms with van der Waals surface area (Å²) in [4.78, 5) is 0. The van der Waals surface area contributed by atoms with E-state index in [1.54, 1.807) is 18.2 Å². The Kier molecular flexibility index (Phi) is 5.10. The van der Waals surface area contributed by atoms with E-state index in [0.717, 1.165) is 5.56 Å². The Hall–Kier alpha value is -1.45. The van der Waals surface area contributed by atoms with Crippen molar-refractivity contribution >= 4 is 11.6 Å². The van der Waals surface area contributed by atoms with Crippen molar-refractivity contribution in [3.05, 3.63) is 70.2 Å². The highest BCUT2D eigenvalue weighted by molar-refractivity contribution is 6.30. The van der Waals surface area contributed by atoms with Crippen molar-refractivity contribution in [2.24, 2.45) is 0 Å². The molecule has 0 heterocycles. The predicted octanol–water partition coefficient (Wildman–Crippen LogP) is 4.16. The molecule has 1 N–H and O–H groups in total. The standard InChI is InChI=1S/C16H16ClF2N/c1-20-10-13(11-3-2-4-15(18)8-11)7-12-5-6-14(17)9-16(12)19/h2-6,8-9,13,20H,7,10H2,1H3. The minimum absolute atomic E-state index is 0.00590. The number of hydrogen-bond acceptors (Lipinski definition) is 1. The highest BCUT2D eigenvalue weighted by atomic mass is 35.5. The fourth-order valence-corrected chi connectivity index (χ4v) is 2.43. The topological polar surface area (TPSA) is 12.0 Å². The van der Waals surface area contributed by atoms with E-state index in [9.17, 15) is 8.78 Å². The Balaban J connectivity index is 2.25. The Morgan fingerprint density at radius 3 is 2.60 bits per heavy atom. The Labute approximate surface area is 122 Å². The van der Waals surface area contributed by atoms with Gasteiger partial charge < -0.3 is 5.32 Å². The third-order valence-electron chi connectivity index (χ3n) is 3.25. The van der Waals surface area contributed by atoms with E-state index >= 15 is 0 Å². The summed E-state index contributed by atoms with van der Waals surface area (Å²) in [6.45, 7) is 0.644. The number of hydrogen-bond donors (Lipinski definition) is 1. The molecule has 1 unspecified atom stereocenters. The molecule has 0 saturated heterocycles. The fraction of sp³-hybridized carbons (Fsp3) is 0.250. The van der Waals surface area contributed by atoms with Crippen molar-refractivity contribution < 1.29 is 8.78 Å². The fourth-order valence-electron chi connectivity index (χ4n) is 2.27. The van der Waals surface area contributed by atoms with Crippen LogP contribution in [0.25, 0.3) is 0 Å². The summed E-state index contributed by atoms with van der Waals surface area (Å²) in [5.74, 6) is -0.596. The van der Waals surface area contributed by atoms with Crippen LogP contribution in [0.5, 0.6) is 0 Å². The molecule has 106 valence electrons. The summed E-state index contributed by atoms with van der Waals surface area (Å²) in [5.41, 5.74) is 1.44. The Bertz CT molecular complexity index is 586. The maximum absolute atomic E-state index is 13.9. The summed E-state index contributed by atoms with van der Waals surface area (Å²) in [6, 6.07) is 11.1. The lowest BCUT2D eigenvalue weighted by atomic mass is 9.91. The van der Waals surface area contributed by atoms with Crippen LogP contribution in [0.4, 0.5) is 8.78 Å². The van der Waals surface area contributed by atoms with Crippen molar-refractivity contribution in [1.82, 2.24) is 5.32 Å². The van der Waals surface area contributed by atoms with Gasteiger partial charge in [-0.25, -0.2) is 8.78 Å². The van der Waals surface area contributed by atoms with Crippen LogP contribution in [0, 0.1) is 11.6 Å². The molecule has 0 saturated carbocycles. The van der Waals surface area contributed by atoms with E-state index in [1.807, 2.05) is 13.1 Å². The van der Waals surface area contributed by atoms with Crippen molar-refractivity contribution in [3.8, 4) is 0 Å². The Morgan fingerprint density at radius 1 is 1.15 bits per heavy atom. The lowest BCUT2D eigenvalue weighted by Crippen LogP contribution is -2.19. The quantitative estimate of drug-likeness (QED) is 0.873. The molecule has 4 heteroatoms. The van der Waals surface area contributed by atoms with Gasteiger partial charge in [0.2, 0.25) is 0 Å². The van der Waals surface area contributed by atoms with Gasteiger partial charge in [0.1, 0.15) is 11.6 Å². The second-order valence-electron chi connectivity index (χ2n) is 4.75. The number of likely N-dealkylation sites (N-methyl/N-ethyl adjacent to an activating group) is 1. The molecular weight excluding hydrogens is 280 g/mol. The molecule has 0 fully saturated rings. The first-order valence-corrected chi connectivity index (χ1v) is 6.82. The van der Waals surface area contributed by atoms with Gasteiger partial charge in [0.05, 0.1) is 0 Å². The highest BCUT2D eigenvalue weighted by Gasteiger charge is 2.15. The van der Waals surface area contributed by atoms with Crippen LogP contribution >= 0.6 is 11.6 Å². The van der Waals surface area contributed by atoms with Gasteiger partial charge in [-0.1, -0.05) is 29.8 Å². The number of halogens is 3.